The number of para-hydroxylation sites is 2. The number of rotatable bonds is 8. The summed E-state index contributed by atoms with van der Waals surface area (Å²) in [6.07, 6.45) is 1.63. The lowest BCUT2D eigenvalue weighted by atomic mass is 10.0. The third-order valence-corrected chi connectivity index (χ3v) is 6.31. The number of anilines is 1. The van der Waals surface area contributed by atoms with Crippen molar-refractivity contribution >= 4 is 23.4 Å². The minimum atomic E-state index is -0.640. The highest BCUT2D eigenvalue weighted by atomic mass is 32.2. The van der Waals surface area contributed by atoms with E-state index in [9.17, 15) is 9.59 Å². The van der Waals surface area contributed by atoms with Crippen molar-refractivity contribution in [1.82, 2.24) is 10.1 Å². The number of aromatic amines is 1. The standard InChI is InChI=1S/C25H28N4O3S/c1-4-7-16-32-20-15-11-9-13-18(20)24-28(21(30)5-2)19-14-10-8-12-17(19)22-23(31)26-25(33-6-3)27-29(22)24/h8-15,24H,4-7,16H2,1-3H3/p+1. The number of nitrogens with zero attached hydrogens (tertiary/aromatic N) is 3. The van der Waals surface area contributed by atoms with Gasteiger partial charge in [0.2, 0.25) is 11.1 Å². The van der Waals surface area contributed by atoms with Crippen LogP contribution >= 0.6 is 11.8 Å². The molecule has 172 valence electrons. The first-order valence-corrected chi connectivity index (χ1v) is 12.4. The van der Waals surface area contributed by atoms with Gasteiger partial charge in [-0.15, -0.1) is 0 Å². The molecule has 0 saturated heterocycles. The van der Waals surface area contributed by atoms with Crippen LogP contribution in [0.1, 0.15) is 51.8 Å². The molecule has 8 heteroatoms. The Hall–Kier alpha value is -3.13. The van der Waals surface area contributed by atoms with Crippen LogP contribution in [0.4, 0.5) is 5.69 Å². The molecule has 1 N–H and O–H groups in total. The number of carbonyl (C=O) groups is 1. The Morgan fingerprint density at radius 2 is 1.91 bits per heavy atom. The van der Waals surface area contributed by atoms with Crippen LogP contribution in [0.5, 0.6) is 5.75 Å². The number of ether oxygens (including phenoxy) is 1. The summed E-state index contributed by atoms with van der Waals surface area (Å²) in [5.41, 5.74) is 2.37. The van der Waals surface area contributed by atoms with Crippen LogP contribution < -0.4 is 19.9 Å². The van der Waals surface area contributed by atoms with Gasteiger partial charge in [-0.1, -0.05) is 63.2 Å². The lowest BCUT2D eigenvalue weighted by molar-refractivity contribution is -0.763. The van der Waals surface area contributed by atoms with E-state index in [0.717, 1.165) is 24.2 Å². The molecule has 1 amide bonds. The summed E-state index contributed by atoms with van der Waals surface area (Å²) in [6.45, 7) is 6.54. The predicted molar refractivity (Wildman–Crippen MR) is 130 cm³/mol. The number of unbranched alkanes of at least 4 members (excludes halogenated alkanes) is 1. The molecule has 2 aromatic carbocycles. The van der Waals surface area contributed by atoms with Gasteiger partial charge in [0.25, 0.3) is 6.17 Å². The summed E-state index contributed by atoms with van der Waals surface area (Å²) in [4.78, 5) is 31.3. The fourth-order valence-corrected chi connectivity index (χ4v) is 4.63. The maximum absolute atomic E-state index is 13.3. The van der Waals surface area contributed by atoms with Crippen molar-refractivity contribution in [3.8, 4) is 17.0 Å². The smallest absolute Gasteiger partial charge is 0.325 e. The van der Waals surface area contributed by atoms with Crippen LogP contribution in [0, 0.1) is 0 Å². The van der Waals surface area contributed by atoms with Crippen LogP contribution in [0.3, 0.4) is 0 Å². The number of hydrogen-bond acceptors (Lipinski definition) is 5. The molecule has 0 saturated carbocycles. The van der Waals surface area contributed by atoms with Crippen LogP contribution in [0.25, 0.3) is 11.3 Å². The molecular weight excluding hydrogens is 436 g/mol. The van der Waals surface area contributed by atoms with Gasteiger partial charge in [-0.05, 0) is 41.1 Å². The fourth-order valence-electron chi connectivity index (χ4n) is 4.05. The van der Waals surface area contributed by atoms with E-state index in [1.165, 1.54) is 11.8 Å². The lowest BCUT2D eigenvalue weighted by Gasteiger charge is -2.32. The van der Waals surface area contributed by atoms with Gasteiger partial charge in [-0.2, -0.15) is 0 Å². The van der Waals surface area contributed by atoms with Gasteiger partial charge in [0.1, 0.15) is 5.75 Å². The van der Waals surface area contributed by atoms with E-state index < -0.39 is 6.17 Å². The molecule has 2 heterocycles. The monoisotopic (exact) mass is 465 g/mol. The fraction of sp³-hybridized carbons (Fsp3) is 0.360. The summed E-state index contributed by atoms with van der Waals surface area (Å²) in [5.74, 6) is 1.40. The van der Waals surface area contributed by atoms with Crippen LogP contribution in [-0.4, -0.2) is 28.3 Å². The molecule has 0 radical (unpaired) electrons. The topological polar surface area (TPSA) is 79.2 Å². The summed E-state index contributed by atoms with van der Waals surface area (Å²) >= 11 is 1.46. The van der Waals surface area contributed by atoms with E-state index in [2.05, 4.69) is 11.9 Å². The number of fused-ring (bicyclic) bond motifs is 3. The maximum atomic E-state index is 13.3. The number of H-pyrrole nitrogens is 1. The number of amides is 1. The summed E-state index contributed by atoms with van der Waals surface area (Å²) in [5, 5.41) is 5.32. The molecule has 0 bridgehead atoms. The van der Waals surface area contributed by atoms with Crippen molar-refractivity contribution < 1.29 is 14.2 Å². The zero-order valence-electron chi connectivity index (χ0n) is 19.2. The number of benzene rings is 2. The van der Waals surface area contributed by atoms with E-state index in [-0.39, 0.29) is 11.5 Å². The molecular formula is C25H29N4O3S+. The van der Waals surface area contributed by atoms with E-state index in [4.69, 9.17) is 9.84 Å². The third kappa shape index (κ3) is 4.39. The second kappa shape index (κ2) is 10.2. The summed E-state index contributed by atoms with van der Waals surface area (Å²) < 4.78 is 7.82. The molecule has 1 aromatic heterocycles. The first-order valence-electron chi connectivity index (χ1n) is 11.4. The predicted octanol–water partition coefficient (Wildman–Crippen LogP) is 4.32. The van der Waals surface area contributed by atoms with Crippen LogP contribution in [0.15, 0.2) is 58.5 Å². The second-order valence-electron chi connectivity index (χ2n) is 7.73. The zero-order valence-corrected chi connectivity index (χ0v) is 20.0. The summed E-state index contributed by atoms with van der Waals surface area (Å²) in [6, 6.07) is 15.2. The lowest BCUT2D eigenvalue weighted by Crippen LogP contribution is -2.61. The van der Waals surface area contributed by atoms with Gasteiger partial charge in [0, 0.05) is 11.5 Å². The molecule has 0 spiro atoms. The van der Waals surface area contributed by atoms with E-state index in [1.807, 2.05) is 62.4 Å². The van der Waals surface area contributed by atoms with Crippen molar-refractivity contribution in [2.75, 3.05) is 17.3 Å². The number of nitrogens with one attached hydrogen (secondary N) is 1. The number of thioether (sulfide) groups is 1. The second-order valence-corrected chi connectivity index (χ2v) is 8.99. The quantitative estimate of drug-likeness (QED) is 0.305. The largest absolute Gasteiger partial charge is 0.493 e. The minimum absolute atomic E-state index is 0.0549. The average Bonchev–Trinajstić information content (AvgIpc) is 2.83. The SMILES string of the molecule is CCCCOc1ccccc1C1N(C(=O)CC)c2ccccc2-c2c(=O)[nH]c(SCC)n[n+]21. The molecule has 0 aliphatic carbocycles. The van der Waals surface area contributed by atoms with E-state index in [1.54, 1.807) is 9.58 Å². The Balaban J connectivity index is 2.00. The Morgan fingerprint density at radius 1 is 1.15 bits per heavy atom. The highest BCUT2D eigenvalue weighted by molar-refractivity contribution is 7.99. The number of aromatic nitrogens is 3. The molecule has 7 nitrogen and oxygen atoms in total. The molecule has 33 heavy (non-hydrogen) atoms. The average molecular weight is 466 g/mol. The van der Waals surface area contributed by atoms with Gasteiger partial charge in [-0.25, -0.2) is 4.90 Å². The molecule has 0 fully saturated rings. The van der Waals surface area contributed by atoms with Crippen molar-refractivity contribution in [1.29, 1.82) is 0 Å². The molecule has 1 aliphatic heterocycles. The van der Waals surface area contributed by atoms with Crippen molar-refractivity contribution in [2.45, 2.75) is 51.4 Å². The van der Waals surface area contributed by atoms with Crippen molar-refractivity contribution in [3.63, 3.8) is 0 Å². The molecule has 1 unspecified atom stereocenters. The van der Waals surface area contributed by atoms with E-state index in [0.29, 0.717) is 40.9 Å². The molecule has 3 aromatic rings. The first kappa shape index (κ1) is 23.0. The minimum Gasteiger partial charge on any atom is -0.493 e. The highest BCUT2D eigenvalue weighted by Crippen LogP contribution is 2.39. The Bertz CT molecular complexity index is 1210. The van der Waals surface area contributed by atoms with Gasteiger partial charge >= 0.3 is 11.3 Å². The highest BCUT2D eigenvalue weighted by Gasteiger charge is 2.46. The van der Waals surface area contributed by atoms with Gasteiger partial charge in [0.05, 0.1) is 23.4 Å². The molecule has 1 aliphatic rings. The Labute approximate surface area is 197 Å². The van der Waals surface area contributed by atoms with Crippen molar-refractivity contribution in [2.24, 2.45) is 0 Å². The number of hydrogen-bond donors (Lipinski definition) is 1. The maximum Gasteiger partial charge on any atom is 0.325 e. The third-order valence-electron chi connectivity index (χ3n) is 5.56. The van der Waals surface area contributed by atoms with Crippen molar-refractivity contribution in [3.05, 3.63) is 64.4 Å². The Kier molecular flexibility index (Phi) is 7.13. The molecule has 1 atom stereocenters. The van der Waals surface area contributed by atoms with E-state index >= 15 is 0 Å². The zero-order chi connectivity index (χ0) is 23.4. The Morgan fingerprint density at radius 3 is 2.67 bits per heavy atom. The molecule has 4 rings (SSSR count). The first-order chi connectivity index (χ1) is 16.1. The van der Waals surface area contributed by atoms with Crippen LogP contribution in [-0.2, 0) is 4.79 Å². The normalized spacial score (nSPS) is 14.5. The number of carbonyl (C=O) groups excluding carboxylic acids is 1. The van der Waals surface area contributed by atoms with Gasteiger partial charge in [-0.3, -0.25) is 14.6 Å². The van der Waals surface area contributed by atoms with Crippen LogP contribution in [0.2, 0.25) is 0 Å². The van der Waals surface area contributed by atoms with Gasteiger partial charge < -0.3 is 4.74 Å². The van der Waals surface area contributed by atoms with Gasteiger partial charge in [0.15, 0.2) is 0 Å². The summed E-state index contributed by atoms with van der Waals surface area (Å²) in [7, 11) is 0.